The Morgan fingerprint density at radius 1 is 1.03 bits per heavy atom. The monoisotopic (exact) mass is 443 g/mol. The van der Waals surface area contributed by atoms with Gasteiger partial charge in [-0.05, 0) is 36.2 Å². The van der Waals surface area contributed by atoms with Crippen LogP contribution in [0.15, 0.2) is 72.8 Å². The predicted octanol–water partition coefficient (Wildman–Crippen LogP) is 6.30. The number of nitrogens with two attached hydrogens (primary N) is 1. The van der Waals surface area contributed by atoms with Gasteiger partial charge in [-0.15, -0.1) is 0 Å². The van der Waals surface area contributed by atoms with Crippen molar-refractivity contribution in [3.8, 4) is 17.0 Å². The molecule has 0 fully saturated rings. The van der Waals surface area contributed by atoms with Gasteiger partial charge >= 0.3 is 6.09 Å². The van der Waals surface area contributed by atoms with Crippen LogP contribution in [0.25, 0.3) is 22.2 Å². The van der Waals surface area contributed by atoms with E-state index in [0.29, 0.717) is 24.5 Å². The van der Waals surface area contributed by atoms with Crippen molar-refractivity contribution in [2.45, 2.75) is 26.3 Å². The van der Waals surface area contributed by atoms with Crippen LogP contribution in [-0.2, 0) is 11.3 Å². The minimum Gasteiger partial charge on any atom is -0.497 e. The van der Waals surface area contributed by atoms with Crippen molar-refractivity contribution >= 4 is 28.4 Å². The number of amides is 1. The highest BCUT2D eigenvalue weighted by Gasteiger charge is 2.18. The van der Waals surface area contributed by atoms with Crippen molar-refractivity contribution < 1.29 is 14.3 Å². The van der Waals surface area contributed by atoms with Crippen LogP contribution in [0.4, 0.5) is 16.2 Å². The fourth-order valence-electron chi connectivity index (χ4n) is 3.93. The molecule has 1 aromatic heterocycles. The van der Waals surface area contributed by atoms with Gasteiger partial charge < -0.3 is 19.8 Å². The van der Waals surface area contributed by atoms with Crippen molar-refractivity contribution in [3.05, 3.63) is 78.4 Å². The number of anilines is 2. The Morgan fingerprint density at radius 2 is 1.85 bits per heavy atom. The number of rotatable bonds is 8. The molecule has 0 radical (unpaired) electrons. The molecule has 0 saturated carbocycles. The van der Waals surface area contributed by atoms with E-state index in [4.69, 9.17) is 15.2 Å². The lowest BCUT2D eigenvalue weighted by Gasteiger charge is -2.14. The second-order valence-corrected chi connectivity index (χ2v) is 7.91. The van der Waals surface area contributed by atoms with Gasteiger partial charge in [-0.2, -0.15) is 0 Å². The first-order valence-corrected chi connectivity index (χ1v) is 11.1. The molecule has 3 N–H and O–H groups in total. The Balaban J connectivity index is 1.76. The van der Waals surface area contributed by atoms with Gasteiger partial charge in [-0.3, -0.25) is 5.32 Å². The zero-order chi connectivity index (χ0) is 23.2. The number of nitrogens with zero attached hydrogens (tertiary/aromatic N) is 1. The van der Waals surface area contributed by atoms with E-state index in [2.05, 4.69) is 28.9 Å². The molecule has 1 heterocycles. The number of fused-ring (bicyclic) bond motifs is 1. The molecule has 6 heteroatoms. The number of hydrogen-bond acceptors (Lipinski definition) is 4. The first-order valence-electron chi connectivity index (χ1n) is 11.1. The summed E-state index contributed by atoms with van der Waals surface area (Å²) < 4.78 is 12.9. The van der Waals surface area contributed by atoms with Crippen molar-refractivity contribution in [1.29, 1.82) is 0 Å². The first-order chi connectivity index (χ1) is 16.1. The van der Waals surface area contributed by atoms with Crippen LogP contribution in [0.3, 0.4) is 0 Å². The van der Waals surface area contributed by atoms with E-state index >= 15 is 0 Å². The quantitative estimate of drug-likeness (QED) is 0.313. The maximum absolute atomic E-state index is 12.1. The van der Waals surface area contributed by atoms with Crippen LogP contribution >= 0.6 is 0 Å². The van der Waals surface area contributed by atoms with Gasteiger partial charge in [0.05, 0.1) is 30.6 Å². The summed E-state index contributed by atoms with van der Waals surface area (Å²) in [5.74, 6) is 0.770. The summed E-state index contributed by atoms with van der Waals surface area (Å²) in [6.45, 7) is 3.11. The molecule has 4 rings (SSSR count). The van der Waals surface area contributed by atoms with Crippen LogP contribution in [0.5, 0.6) is 5.75 Å². The lowest BCUT2D eigenvalue weighted by molar-refractivity contribution is 0.160. The van der Waals surface area contributed by atoms with Gasteiger partial charge in [0.25, 0.3) is 0 Å². The summed E-state index contributed by atoms with van der Waals surface area (Å²) in [6.07, 6.45) is 1.36. The number of carbonyl (C=O) groups excluding carboxylic acids is 1. The molecule has 0 aliphatic heterocycles. The molecule has 0 aliphatic carbocycles. The van der Waals surface area contributed by atoms with Gasteiger partial charge in [0.1, 0.15) is 5.75 Å². The molecule has 4 aromatic rings. The third-order valence-electron chi connectivity index (χ3n) is 5.61. The van der Waals surface area contributed by atoms with E-state index < -0.39 is 6.09 Å². The number of ether oxygens (including phenoxy) is 2. The molecule has 33 heavy (non-hydrogen) atoms. The van der Waals surface area contributed by atoms with E-state index in [1.807, 2.05) is 60.7 Å². The number of nitrogen functional groups attached to an aromatic ring is 1. The van der Waals surface area contributed by atoms with Gasteiger partial charge in [0.2, 0.25) is 0 Å². The summed E-state index contributed by atoms with van der Waals surface area (Å²) in [5, 5.41) is 3.78. The minimum atomic E-state index is -0.455. The van der Waals surface area contributed by atoms with E-state index in [1.165, 1.54) is 0 Å². The smallest absolute Gasteiger partial charge is 0.411 e. The van der Waals surface area contributed by atoms with Crippen LogP contribution < -0.4 is 15.8 Å². The van der Waals surface area contributed by atoms with Crippen LogP contribution in [0.1, 0.15) is 25.3 Å². The molecule has 0 spiro atoms. The van der Waals surface area contributed by atoms with Gasteiger partial charge in [0, 0.05) is 29.2 Å². The van der Waals surface area contributed by atoms with Gasteiger partial charge in [-0.1, -0.05) is 55.8 Å². The molecule has 6 nitrogen and oxygen atoms in total. The Hall–Kier alpha value is -3.93. The van der Waals surface area contributed by atoms with E-state index in [9.17, 15) is 4.79 Å². The fraction of sp³-hybridized carbons (Fsp3) is 0.222. The molecule has 170 valence electrons. The van der Waals surface area contributed by atoms with Gasteiger partial charge in [-0.25, -0.2) is 4.79 Å². The van der Waals surface area contributed by atoms with Crippen molar-refractivity contribution in [2.24, 2.45) is 0 Å². The highest BCUT2D eigenvalue weighted by Crippen LogP contribution is 2.38. The summed E-state index contributed by atoms with van der Waals surface area (Å²) in [7, 11) is 1.66. The van der Waals surface area contributed by atoms with Crippen LogP contribution in [0, 0.1) is 0 Å². The summed E-state index contributed by atoms with van der Waals surface area (Å²) in [5.41, 5.74) is 12.0. The Labute approximate surface area is 193 Å². The van der Waals surface area contributed by atoms with E-state index in [1.54, 1.807) is 7.11 Å². The maximum atomic E-state index is 12.1. The molecule has 0 atom stereocenters. The second kappa shape index (κ2) is 10.1. The molecule has 1 amide bonds. The summed E-state index contributed by atoms with van der Waals surface area (Å²) >= 11 is 0. The Morgan fingerprint density at radius 3 is 2.61 bits per heavy atom. The normalized spacial score (nSPS) is 10.8. The SMILES string of the molecule is CCCCOC(=O)Nc1cccc(-c2c(N)c3ccc(OC)cc3n2Cc2ccccc2)c1. The summed E-state index contributed by atoms with van der Waals surface area (Å²) in [6, 6.07) is 23.8. The number of unbranched alkanes of at least 4 members (excludes halogenated alkanes) is 1. The number of aromatic nitrogens is 1. The molecule has 0 saturated heterocycles. The maximum Gasteiger partial charge on any atom is 0.411 e. The highest BCUT2D eigenvalue weighted by molar-refractivity contribution is 6.02. The Kier molecular flexibility index (Phi) is 6.83. The average Bonchev–Trinajstić information content (AvgIpc) is 3.10. The van der Waals surface area contributed by atoms with Crippen molar-refractivity contribution in [2.75, 3.05) is 24.8 Å². The first kappa shape index (κ1) is 22.3. The summed E-state index contributed by atoms with van der Waals surface area (Å²) in [4.78, 5) is 12.1. The number of hydrogen-bond donors (Lipinski definition) is 2. The predicted molar refractivity (Wildman–Crippen MR) is 134 cm³/mol. The van der Waals surface area contributed by atoms with Crippen LogP contribution in [-0.4, -0.2) is 24.4 Å². The third kappa shape index (κ3) is 4.95. The molecular formula is C27H29N3O3. The fourth-order valence-corrected chi connectivity index (χ4v) is 3.93. The Bertz CT molecular complexity index is 1250. The van der Waals surface area contributed by atoms with Crippen molar-refractivity contribution in [3.63, 3.8) is 0 Å². The lowest BCUT2D eigenvalue weighted by atomic mass is 10.1. The molecule has 0 aliphatic rings. The molecule has 0 bridgehead atoms. The van der Waals surface area contributed by atoms with E-state index in [-0.39, 0.29) is 0 Å². The number of benzene rings is 3. The number of methoxy groups -OCH3 is 1. The molecule has 3 aromatic carbocycles. The lowest BCUT2D eigenvalue weighted by Crippen LogP contribution is -2.14. The minimum absolute atomic E-state index is 0.405. The van der Waals surface area contributed by atoms with Crippen molar-refractivity contribution in [1.82, 2.24) is 4.57 Å². The zero-order valence-corrected chi connectivity index (χ0v) is 19.0. The standard InChI is InChI=1S/C27H29N3O3/c1-3-4-15-33-27(31)29-21-12-8-11-20(16-21)26-25(28)23-14-13-22(32-2)17-24(23)30(26)18-19-9-6-5-7-10-19/h5-14,16-17H,3-4,15,18,28H2,1-2H3,(H,29,31). The third-order valence-corrected chi connectivity index (χ3v) is 5.61. The molecular weight excluding hydrogens is 414 g/mol. The topological polar surface area (TPSA) is 78.5 Å². The number of nitrogens with one attached hydrogen (secondary N) is 1. The highest BCUT2D eigenvalue weighted by atomic mass is 16.5. The zero-order valence-electron chi connectivity index (χ0n) is 19.0. The number of carbonyl (C=O) groups is 1. The van der Waals surface area contributed by atoms with Gasteiger partial charge in [0.15, 0.2) is 0 Å². The largest absolute Gasteiger partial charge is 0.497 e. The van der Waals surface area contributed by atoms with Crippen LogP contribution in [0.2, 0.25) is 0 Å². The van der Waals surface area contributed by atoms with E-state index in [0.717, 1.165) is 46.3 Å². The average molecular weight is 444 g/mol. The molecule has 0 unspecified atom stereocenters. The second-order valence-electron chi connectivity index (χ2n) is 7.91.